The van der Waals surface area contributed by atoms with Crippen LogP contribution in [-0.2, 0) is 6.54 Å². The number of anilines is 3. The molecule has 1 unspecified atom stereocenters. The molecule has 1 fully saturated rings. The first-order valence-electron chi connectivity index (χ1n) is 8.12. The standard InChI is InChI=1S/C15H20N8O/c1-9(10-2-3-10)17-14-11-4-5-16-13(11)19-15(20-14)18-12-8-23(6-7-24)22-21-12/h4-5,8-10,24H,2-3,6-7H2,1H3,(H3,16,17,18,19,20). The molecule has 0 radical (unpaired) electrons. The van der Waals surface area contributed by atoms with Gasteiger partial charge in [0, 0.05) is 12.2 Å². The Bertz CT molecular complexity index is 837. The van der Waals surface area contributed by atoms with Crippen molar-refractivity contribution in [2.24, 2.45) is 5.92 Å². The summed E-state index contributed by atoms with van der Waals surface area (Å²) in [7, 11) is 0. The summed E-state index contributed by atoms with van der Waals surface area (Å²) in [5, 5.41) is 24.4. The molecule has 126 valence electrons. The summed E-state index contributed by atoms with van der Waals surface area (Å²) in [5.41, 5.74) is 0.765. The lowest BCUT2D eigenvalue weighted by Gasteiger charge is -2.15. The third kappa shape index (κ3) is 3.02. The first kappa shape index (κ1) is 14.9. The number of hydrogen-bond donors (Lipinski definition) is 4. The zero-order valence-electron chi connectivity index (χ0n) is 13.4. The van der Waals surface area contributed by atoms with Crippen LogP contribution in [-0.4, -0.2) is 47.7 Å². The normalized spacial score (nSPS) is 15.6. The fourth-order valence-electron chi connectivity index (χ4n) is 2.72. The fraction of sp³-hybridized carbons (Fsp3) is 0.467. The van der Waals surface area contributed by atoms with E-state index in [1.807, 2.05) is 12.3 Å². The van der Waals surface area contributed by atoms with Gasteiger partial charge in [-0.15, -0.1) is 5.10 Å². The topological polar surface area (TPSA) is 117 Å². The van der Waals surface area contributed by atoms with Gasteiger partial charge in [-0.05, 0) is 31.7 Å². The number of rotatable bonds is 7. The maximum Gasteiger partial charge on any atom is 0.232 e. The van der Waals surface area contributed by atoms with Crippen LogP contribution in [0.3, 0.4) is 0 Å². The van der Waals surface area contributed by atoms with Crippen molar-refractivity contribution in [3.8, 4) is 0 Å². The number of aliphatic hydroxyl groups is 1. The van der Waals surface area contributed by atoms with E-state index in [1.165, 1.54) is 12.8 Å². The smallest absolute Gasteiger partial charge is 0.232 e. The monoisotopic (exact) mass is 328 g/mol. The first-order valence-corrected chi connectivity index (χ1v) is 8.12. The Morgan fingerprint density at radius 2 is 2.29 bits per heavy atom. The van der Waals surface area contributed by atoms with Crippen LogP contribution in [0, 0.1) is 5.92 Å². The quantitative estimate of drug-likeness (QED) is 0.519. The molecule has 1 atom stereocenters. The van der Waals surface area contributed by atoms with Crippen molar-refractivity contribution in [1.82, 2.24) is 29.9 Å². The molecule has 4 rings (SSSR count). The molecule has 24 heavy (non-hydrogen) atoms. The summed E-state index contributed by atoms with van der Waals surface area (Å²) in [6, 6.07) is 2.36. The van der Waals surface area contributed by atoms with Gasteiger partial charge in [0.2, 0.25) is 5.95 Å². The van der Waals surface area contributed by atoms with Gasteiger partial charge in [-0.2, -0.15) is 9.97 Å². The van der Waals surface area contributed by atoms with Gasteiger partial charge in [-0.25, -0.2) is 4.68 Å². The molecule has 9 heteroatoms. The van der Waals surface area contributed by atoms with Gasteiger partial charge in [0.1, 0.15) is 11.5 Å². The molecule has 0 aromatic carbocycles. The van der Waals surface area contributed by atoms with Gasteiger partial charge in [0.25, 0.3) is 0 Å². The molecule has 1 aliphatic rings. The van der Waals surface area contributed by atoms with Crippen molar-refractivity contribution >= 4 is 28.6 Å². The molecule has 0 bridgehead atoms. The molecule has 3 aromatic rings. The highest BCUT2D eigenvalue weighted by Crippen LogP contribution is 2.34. The predicted octanol–water partition coefficient (Wildman–Crippen LogP) is 1.50. The van der Waals surface area contributed by atoms with Gasteiger partial charge in [-0.1, -0.05) is 5.21 Å². The molecule has 0 amide bonds. The van der Waals surface area contributed by atoms with Crippen molar-refractivity contribution in [2.75, 3.05) is 17.2 Å². The van der Waals surface area contributed by atoms with E-state index >= 15 is 0 Å². The number of H-pyrrole nitrogens is 1. The number of nitrogens with zero attached hydrogens (tertiary/aromatic N) is 5. The lowest BCUT2D eigenvalue weighted by molar-refractivity contribution is 0.268. The van der Waals surface area contributed by atoms with E-state index < -0.39 is 0 Å². The molecule has 1 saturated carbocycles. The number of fused-ring (bicyclic) bond motifs is 1. The van der Waals surface area contributed by atoms with Gasteiger partial charge >= 0.3 is 0 Å². The summed E-state index contributed by atoms with van der Waals surface area (Å²) < 4.78 is 1.56. The van der Waals surface area contributed by atoms with E-state index in [-0.39, 0.29) is 6.61 Å². The second-order valence-corrected chi connectivity index (χ2v) is 6.12. The number of aromatic amines is 1. The Kier molecular flexibility index (Phi) is 3.77. The third-order valence-electron chi connectivity index (χ3n) is 4.22. The van der Waals surface area contributed by atoms with E-state index in [9.17, 15) is 0 Å². The van der Waals surface area contributed by atoms with Crippen LogP contribution < -0.4 is 10.6 Å². The zero-order valence-corrected chi connectivity index (χ0v) is 13.4. The lowest BCUT2D eigenvalue weighted by Crippen LogP contribution is -2.18. The van der Waals surface area contributed by atoms with Crippen LogP contribution in [0.15, 0.2) is 18.5 Å². The van der Waals surface area contributed by atoms with Gasteiger partial charge in [0.05, 0.1) is 24.7 Å². The van der Waals surface area contributed by atoms with Crippen molar-refractivity contribution in [1.29, 1.82) is 0 Å². The summed E-state index contributed by atoms with van der Waals surface area (Å²) in [6.45, 7) is 2.60. The largest absolute Gasteiger partial charge is 0.394 e. The number of aliphatic hydroxyl groups excluding tert-OH is 1. The van der Waals surface area contributed by atoms with Crippen molar-refractivity contribution in [3.63, 3.8) is 0 Å². The van der Waals surface area contributed by atoms with Gasteiger partial charge < -0.3 is 20.7 Å². The van der Waals surface area contributed by atoms with Crippen LogP contribution in [0.1, 0.15) is 19.8 Å². The summed E-state index contributed by atoms with van der Waals surface area (Å²) in [4.78, 5) is 12.2. The number of aromatic nitrogens is 6. The Labute approximate surface area is 138 Å². The average Bonchev–Trinajstić information content (AvgIpc) is 3.16. The highest BCUT2D eigenvalue weighted by molar-refractivity contribution is 5.88. The second kappa shape index (κ2) is 6.08. The Balaban J connectivity index is 1.59. The van der Waals surface area contributed by atoms with Crippen LogP contribution in [0.25, 0.3) is 11.0 Å². The molecule has 3 aromatic heterocycles. The van der Waals surface area contributed by atoms with E-state index in [2.05, 4.69) is 42.8 Å². The molecule has 0 saturated heterocycles. The maximum atomic E-state index is 8.94. The van der Waals surface area contributed by atoms with E-state index in [0.29, 0.717) is 24.4 Å². The van der Waals surface area contributed by atoms with Crippen molar-refractivity contribution in [2.45, 2.75) is 32.4 Å². The van der Waals surface area contributed by atoms with Crippen LogP contribution >= 0.6 is 0 Å². The number of hydrogen-bond acceptors (Lipinski definition) is 7. The SMILES string of the molecule is CC(Nc1nc(Nc2cn(CCO)nn2)nc2[nH]ccc12)C1CC1. The van der Waals surface area contributed by atoms with Gasteiger partial charge in [-0.3, -0.25) is 0 Å². The first-order chi connectivity index (χ1) is 11.7. The van der Waals surface area contributed by atoms with Crippen molar-refractivity contribution < 1.29 is 5.11 Å². The lowest BCUT2D eigenvalue weighted by atomic mass is 10.2. The average molecular weight is 328 g/mol. The minimum Gasteiger partial charge on any atom is -0.394 e. The van der Waals surface area contributed by atoms with Gasteiger partial charge in [0.15, 0.2) is 5.82 Å². The summed E-state index contributed by atoms with van der Waals surface area (Å²) in [5.74, 6) is 2.52. The van der Waals surface area contributed by atoms with Crippen LogP contribution in [0.2, 0.25) is 0 Å². The Hall–Kier alpha value is -2.68. The highest BCUT2D eigenvalue weighted by atomic mass is 16.3. The number of nitrogens with one attached hydrogen (secondary N) is 3. The molecule has 0 aliphatic heterocycles. The molecular formula is C15H20N8O. The zero-order chi connectivity index (χ0) is 16.5. The fourth-order valence-corrected chi connectivity index (χ4v) is 2.72. The van der Waals surface area contributed by atoms with E-state index in [1.54, 1.807) is 10.9 Å². The van der Waals surface area contributed by atoms with Crippen LogP contribution in [0.4, 0.5) is 17.6 Å². The molecule has 0 spiro atoms. The van der Waals surface area contributed by atoms with E-state index in [0.717, 1.165) is 22.8 Å². The highest BCUT2D eigenvalue weighted by Gasteiger charge is 2.28. The minimum atomic E-state index is 0.0147. The molecular weight excluding hydrogens is 308 g/mol. The second-order valence-electron chi connectivity index (χ2n) is 6.12. The van der Waals surface area contributed by atoms with Crippen LogP contribution in [0.5, 0.6) is 0 Å². The Morgan fingerprint density at radius 3 is 3.08 bits per heavy atom. The maximum absolute atomic E-state index is 8.94. The van der Waals surface area contributed by atoms with E-state index in [4.69, 9.17) is 5.11 Å². The Morgan fingerprint density at radius 1 is 1.42 bits per heavy atom. The molecule has 3 heterocycles. The molecule has 9 nitrogen and oxygen atoms in total. The molecule has 1 aliphatic carbocycles. The predicted molar refractivity (Wildman–Crippen MR) is 90.1 cm³/mol. The van der Waals surface area contributed by atoms with Crippen molar-refractivity contribution in [3.05, 3.63) is 18.5 Å². The summed E-state index contributed by atoms with van der Waals surface area (Å²) >= 11 is 0. The molecule has 4 N–H and O–H groups in total. The third-order valence-corrected chi connectivity index (χ3v) is 4.22. The minimum absolute atomic E-state index is 0.0147. The summed E-state index contributed by atoms with van der Waals surface area (Å²) in [6.07, 6.45) is 6.11.